The normalized spacial score (nSPS) is 23.2. The molecule has 0 amide bonds. The molecule has 0 atom stereocenters. The van der Waals surface area contributed by atoms with Gasteiger partial charge in [0.1, 0.15) is 11.6 Å². The molecule has 0 saturated heterocycles. The molecule has 1 aromatic heterocycles. The van der Waals surface area contributed by atoms with Gasteiger partial charge in [-0.05, 0) is 70.4 Å². The second kappa shape index (κ2) is 8.99. The number of anilines is 1. The Morgan fingerprint density at radius 2 is 1.86 bits per heavy atom. The molecule has 1 aromatic rings. The summed E-state index contributed by atoms with van der Waals surface area (Å²) in [5.74, 6) is 1.70. The van der Waals surface area contributed by atoms with Crippen LogP contribution in [0.15, 0.2) is 30.5 Å². The van der Waals surface area contributed by atoms with Crippen molar-refractivity contribution >= 4 is 21.4 Å². The predicted octanol–water partition coefficient (Wildman–Crippen LogP) is 3.98. The maximum atomic E-state index is 12.7. The molecule has 0 radical (unpaired) electrons. The standard InChI is InChI=1S/C23H34N2O3S/c1-23(2,3)29(27,28)17-18-7-10-20(11-8-18)21(26)15-19-9-12-22(24-16-19)25-13-5-4-6-14-25/h4-5,9,12,16,18,20H,6-8,10-11,13-15,17H2,1-3H3. The van der Waals surface area contributed by atoms with E-state index in [2.05, 4.69) is 22.0 Å². The number of ketones is 1. The van der Waals surface area contributed by atoms with Crippen molar-refractivity contribution in [2.45, 2.75) is 64.0 Å². The molecule has 6 heteroatoms. The number of carbonyl (C=O) groups is 1. The molecule has 1 saturated carbocycles. The Morgan fingerprint density at radius 3 is 2.41 bits per heavy atom. The molecule has 3 rings (SSSR count). The highest BCUT2D eigenvalue weighted by Gasteiger charge is 2.34. The summed E-state index contributed by atoms with van der Waals surface area (Å²) in [4.78, 5) is 19.5. The summed E-state index contributed by atoms with van der Waals surface area (Å²) < 4.78 is 24.2. The molecule has 1 fully saturated rings. The molecule has 0 spiro atoms. The van der Waals surface area contributed by atoms with Gasteiger partial charge in [0.2, 0.25) is 0 Å². The molecule has 160 valence electrons. The Balaban J connectivity index is 1.49. The van der Waals surface area contributed by atoms with E-state index in [9.17, 15) is 13.2 Å². The van der Waals surface area contributed by atoms with Gasteiger partial charge >= 0.3 is 0 Å². The summed E-state index contributed by atoms with van der Waals surface area (Å²) in [7, 11) is -3.10. The van der Waals surface area contributed by atoms with Crippen LogP contribution in [-0.2, 0) is 21.1 Å². The van der Waals surface area contributed by atoms with Crippen molar-refractivity contribution in [3.63, 3.8) is 0 Å². The summed E-state index contributed by atoms with van der Waals surface area (Å²) in [5, 5.41) is 0. The Bertz CT molecular complexity index is 830. The molecule has 0 unspecified atom stereocenters. The van der Waals surface area contributed by atoms with E-state index in [-0.39, 0.29) is 23.4 Å². The van der Waals surface area contributed by atoms with Crippen LogP contribution in [0.5, 0.6) is 0 Å². The van der Waals surface area contributed by atoms with Crippen LogP contribution in [0.1, 0.15) is 58.4 Å². The third kappa shape index (κ3) is 5.68. The Morgan fingerprint density at radius 1 is 1.14 bits per heavy atom. The van der Waals surface area contributed by atoms with Crippen molar-refractivity contribution in [1.82, 2.24) is 4.98 Å². The van der Waals surface area contributed by atoms with E-state index in [4.69, 9.17) is 0 Å². The lowest BCUT2D eigenvalue weighted by Crippen LogP contribution is -2.35. The van der Waals surface area contributed by atoms with Crippen LogP contribution < -0.4 is 4.90 Å². The molecule has 1 aliphatic heterocycles. The molecule has 2 heterocycles. The quantitative estimate of drug-likeness (QED) is 0.654. The first kappa shape index (κ1) is 22.0. The zero-order valence-electron chi connectivity index (χ0n) is 17.9. The highest BCUT2D eigenvalue weighted by atomic mass is 32.2. The number of sulfone groups is 1. The van der Waals surface area contributed by atoms with Gasteiger partial charge in [-0.3, -0.25) is 4.79 Å². The van der Waals surface area contributed by atoms with Gasteiger partial charge in [0.05, 0.1) is 10.5 Å². The summed E-state index contributed by atoms with van der Waals surface area (Å²) in [6, 6.07) is 4.02. The van der Waals surface area contributed by atoms with Crippen molar-refractivity contribution in [2.24, 2.45) is 11.8 Å². The Kier molecular flexibility index (Phi) is 6.82. The van der Waals surface area contributed by atoms with Crippen LogP contribution in [0.2, 0.25) is 0 Å². The Labute approximate surface area is 175 Å². The summed E-state index contributed by atoms with van der Waals surface area (Å²) in [6.45, 7) is 7.16. The molecular weight excluding hydrogens is 384 g/mol. The van der Waals surface area contributed by atoms with Gasteiger partial charge in [-0.2, -0.15) is 0 Å². The predicted molar refractivity (Wildman–Crippen MR) is 118 cm³/mol. The van der Waals surface area contributed by atoms with Gasteiger partial charge < -0.3 is 4.90 Å². The van der Waals surface area contributed by atoms with Gasteiger partial charge in [-0.15, -0.1) is 0 Å². The van der Waals surface area contributed by atoms with Crippen LogP contribution in [-0.4, -0.2) is 42.8 Å². The van der Waals surface area contributed by atoms with Crippen LogP contribution >= 0.6 is 0 Å². The number of hydrogen-bond acceptors (Lipinski definition) is 5. The van der Waals surface area contributed by atoms with Crippen molar-refractivity contribution in [2.75, 3.05) is 23.7 Å². The van der Waals surface area contributed by atoms with Crippen LogP contribution in [0.25, 0.3) is 0 Å². The van der Waals surface area contributed by atoms with Crippen molar-refractivity contribution in [1.29, 1.82) is 0 Å². The lowest BCUT2D eigenvalue weighted by molar-refractivity contribution is -0.123. The van der Waals surface area contributed by atoms with E-state index in [1.807, 2.05) is 18.3 Å². The number of Topliss-reactive ketones (excluding diaryl/α,β-unsaturated/α-hetero) is 1. The fraction of sp³-hybridized carbons (Fsp3) is 0.652. The second-order valence-electron chi connectivity index (χ2n) is 9.49. The lowest BCUT2D eigenvalue weighted by atomic mass is 9.79. The average molecular weight is 419 g/mol. The highest BCUT2D eigenvalue weighted by Crippen LogP contribution is 2.33. The monoisotopic (exact) mass is 418 g/mol. The third-order valence-corrected chi connectivity index (χ3v) is 9.04. The fourth-order valence-electron chi connectivity index (χ4n) is 4.11. The first-order valence-corrected chi connectivity index (χ1v) is 12.4. The SMILES string of the molecule is CC(C)(C)S(=O)(=O)CC1CCC(C(=O)Cc2ccc(N3CC=CCC3)nc2)CC1. The van der Waals surface area contributed by atoms with E-state index < -0.39 is 14.6 Å². The molecule has 5 nitrogen and oxygen atoms in total. The number of nitrogens with zero attached hydrogens (tertiary/aromatic N) is 2. The van der Waals surface area contributed by atoms with E-state index in [1.54, 1.807) is 20.8 Å². The van der Waals surface area contributed by atoms with Gasteiger partial charge in [-0.1, -0.05) is 18.2 Å². The zero-order valence-corrected chi connectivity index (χ0v) is 18.7. The van der Waals surface area contributed by atoms with Gasteiger partial charge in [-0.25, -0.2) is 13.4 Å². The van der Waals surface area contributed by atoms with E-state index in [0.717, 1.165) is 56.6 Å². The third-order valence-electron chi connectivity index (χ3n) is 6.26. The number of carbonyl (C=O) groups excluding carboxylic acids is 1. The van der Waals surface area contributed by atoms with Crippen molar-refractivity contribution in [3.8, 4) is 0 Å². The topological polar surface area (TPSA) is 67.3 Å². The molecule has 29 heavy (non-hydrogen) atoms. The molecule has 0 N–H and O–H groups in total. The van der Waals surface area contributed by atoms with E-state index in [0.29, 0.717) is 6.42 Å². The molecular formula is C23H34N2O3S. The lowest BCUT2D eigenvalue weighted by Gasteiger charge is -2.30. The smallest absolute Gasteiger partial charge is 0.155 e. The maximum absolute atomic E-state index is 12.7. The minimum Gasteiger partial charge on any atom is -0.353 e. The minimum absolute atomic E-state index is 0.0514. The number of aromatic nitrogens is 1. The zero-order chi connectivity index (χ0) is 21.1. The first-order chi connectivity index (χ1) is 13.7. The number of rotatable bonds is 6. The highest BCUT2D eigenvalue weighted by molar-refractivity contribution is 7.92. The van der Waals surface area contributed by atoms with Crippen LogP contribution in [0.4, 0.5) is 5.82 Å². The molecule has 0 aromatic carbocycles. The van der Waals surface area contributed by atoms with Crippen LogP contribution in [0, 0.1) is 11.8 Å². The molecule has 1 aliphatic carbocycles. The Hall–Kier alpha value is -1.69. The fourth-order valence-corrected chi connectivity index (χ4v) is 5.57. The molecule has 2 aliphatic rings. The van der Waals surface area contributed by atoms with Crippen molar-refractivity contribution < 1.29 is 13.2 Å². The van der Waals surface area contributed by atoms with Gasteiger partial charge in [0.25, 0.3) is 0 Å². The summed E-state index contributed by atoms with van der Waals surface area (Å²) in [6.07, 6.45) is 10.9. The molecule has 0 bridgehead atoms. The van der Waals surface area contributed by atoms with Crippen molar-refractivity contribution in [3.05, 3.63) is 36.0 Å². The van der Waals surface area contributed by atoms with E-state index >= 15 is 0 Å². The van der Waals surface area contributed by atoms with Crippen LogP contribution in [0.3, 0.4) is 0 Å². The van der Waals surface area contributed by atoms with E-state index in [1.165, 1.54) is 0 Å². The largest absolute Gasteiger partial charge is 0.353 e. The maximum Gasteiger partial charge on any atom is 0.155 e. The summed E-state index contributed by atoms with van der Waals surface area (Å²) in [5.41, 5.74) is 0.962. The second-order valence-corrected chi connectivity index (χ2v) is 12.3. The number of pyridine rings is 1. The minimum atomic E-state index is -3.10. The number of hydrogen-bond donors (Lipinski definition) is 0. The first-order valence-electron chi connectivity index (χ1n) is 10.8. The average Bonchev–Trinajstić information content (AvgIpc) is 2.68. The summed E-state index contributed by atoms with van der Waals surface area (Å²) >= 11 is 0. The van der Waals surface area contributed by atoms with Gasteiger partial charge in [0, 0.05) is 31.6 Å². The van der Waals surface area contributed by atoms with Gasteiger partial charge in [0.15, 0.2) is 9.84 Å².